The van der Waals surface area contributed by atoms with Crippen LogP contribution in [0.1, 0.15) is 187 Å². The van der Waals surface area contributed by atoms with E-state index in [9.17, 15) is 20.1 Å². The van der Waals surface area contributed by atoms with Gasteiger partial charge in [-0.05, 0) is 12.8 Å². The van der Waals surface area contributed by atoms with Gasteiger partial charge in [0.25, 0.3) is 0 Å². The number of aliphatic hydroxyl groups excluding tert-OH is 3. The minimum Gasteiger partial charge on any atom is -0.394 e. The molecule has 0 aromatic heterocycles. The van der Waals surface area contributed by atoms with E-state index in [1.807, 2.05) is 0 Å². The Labute approximate surface area is 243 Å². The number of amides is 1. The minimum absolute atomic E-state index is 0.309. The van der Waals surface area contributed by atoms with Gasteiger partial charge < -0.3 is 20.6 Å². The quantitative estimate of drug-likeness (QED) is 0.0644. The van der Waals surface area contributed by atoms with Crippen molar-refractivity contribution in [2.75, 3.05) is 6.61 Å². The van der Waals surface area contributed by atoms with Crippen molar-refractivity contribution in [1.29, 1.82) is 0 Å². The van der Waals surface area contributed by atoms with Gasteiger partial charge in [0, 0.05) is 0 Å². The molecular formula is C34H69NO4. The van der Waals surface area contributed by atoms with Gasteiger partial charge in [0.15, 0.2) is 0 Å². The zero-order valence-electron chi connectivity index (χ0n) is 26.3. The van der Waals surface area contributed by atoms with Crippen molar-refractivity contribution in [2.45, 2.75) is 205 Å². The van der Waals surface area contributed by atoms with Crippen molar-refractivity contribution in [3.05, 3.63) is 0 Å². The maximum absolute atomic E-state index is 12.3. The summed E-state index contributed by atoms with van der Waals surface area (Å²) in [6, 6.07) is -0.702. The molecule has 5 heteroatoms. The second-order valence-corrected chi connectivity index (χ2v) is 12.1. The lowest BCUT2D eigenvalue weighted by Gasteiger charge is -2.23. The summed E-state index contributed by atoms with van der Waals surface area (Å²) < 4.78 is 0. The molecule has 5 nitrogen and oxygen atoms in total. The highest BCUT2D eigenvalue weighted by Gasteiger charge is 2.23. The number of nitrogens with one attached hydrogen (secondary N) is 1. The highest BCUT2D eigenvalue weighted by atomic mass is 16.3. The highest BCUT2D eigenvalue weighted by Crippen LogP contribution is 2.15. The van der Waals surface area contributed by atoms with E-state index in [0.717, 1.165) is 32.1 Å². The molecule has 0 aliphatic rings. The second-order valence-electron chi connectivity index (χ2n) is 12.1. The van der Waals surface area contributed by atoms with Crippen molar-refractivity contribution in [2.24, 2.45) is 0 Å². The van der Waals surface area contributed by atoms with Crippen LogP contribution in [0.25, 0.3) is 0 Å². The molecule has 0 aliphatic heterocycles. The van der Waals surface area contributed by atoms with E-state index in [-0.39, 0.29) is 6.61 Å². The molecule has 39 heavy (non-hydrogen) atoms. The van der Waals surface area contributed by atoms with Crippen LogP contribution in [0.5, 0.6) is 0 Å². The average molecular weight is 556 g/mol. The first-order chi connectivity index (χ1) is 19.1. The van der Waals surface area contributed by atoms with E-state index in [2.05, 4.69) is 19.2 Å². The third-order valence-electron chi connectivity index (χ3n) is 8.23. The van der Waals surface area contributed by atoms with Crippen LogP contribution in [0.3, 0.4) is 0 Å². The molecule has 0 aliphatic carbocycles. The molecule has 0 radical (unpaired) electrons. The summed E-state index contributed by atoms with van der Waals surface area (Å²) in [5.74, 6) is -0.472. The summed E-state index contributed by atoms with van der Waals surface area (Å²) in [4.78, 5) is 12.3. The molecule has 4 N–H and O–H groups in total. The fourth-order valence-corrected chi connectivity index (χ4v) is 5.42. The molecule has 0 aromatic rings. The van der Waals surface area contributed by atoms with Crippen LogP contribution in [0.15, 0.2) is 0 Å². The summed E-state index contributed by atoms with van der Waals surface area (Å²) >= 11 is 0. The number of aliphatic hydroxyl groups is 3. The lowest BCUT2D eigenvalue weighted by molar-refractivity contribution is -0.131. The number of carbonyl (C=O) groups is 1. The molecule has 234 valence electrons. The van der Waals surface area contributed by atoms with Gasteiger partial charge in [-0.2, -0.15) is 0 Å². The van der Waals surface area contributed by atoms with Crippen molar-refractivity contribution in [3.63, 3.8) is 0 Å². The van der Waals surface area contributed by atoms with Crippen molar-refractivity contribution >= 4 is 5.91 Å². The summed E-state index contributed by atoms with van der Waals surface area (Å²) in [5.41, 5.74) is 0. The molecule has 3 atom stereocenters. The largest absolute Gasteiger partial charge is 0.394 e. The van der Waals surface area contributed by atoms with E-state index in [0.29, 0.717) is 12.8 Å². The fourth-order valence-electron chi connectivity index (χ4n) is 5.42. The summed E-state index contributed by atoms with van der Waals surface area (Å²) in [6.07, 6.45) is 30.8. The van der Waals surface area contributed by atoms with Gasteiger partial charge >= 0.3 is 0 Å². The molecule has 0 spiro atoms. The van der Waals surface area contributed by atoms with Gasteiger partial charge in [0.1, 0.15) is 6.10 Å². The van der Waals surface area contributed by atoms with Crippen molar-refractivity contribution in [3.8, 4) is 0 Å². The van der Waals surface area contributed by atoms with Gasteiger partial charge in [0.05, 0.1) is 18.8 Å². The zero-order chi connectivity index (χ0) is 28.8. The van der Waals surface area contributed by atoms with Crippen LogP contribution in [0, 0.1) is 0 Å². The standard InChI is InChI=1S/C34H69NO4/c1-3-5-7-9-11-13-15-16-17-18-19-21-22-24-26-28-32(37)31(30-36)35-34(39)33(38)29-27-25-23-20-14-12-10-8-6-4-2/h31-33,36-38H,3-30H2,1-2H3,(H,35,39). The average Bonchev–Trinajstić information content (AvgIpc) is 2.94. The van der Waals surface area contributed by atoms with Gasteiger partial charge in [-0.3, -0.25) is 4.79 Å². The Kier molecular flexibility index (Phi) is 29.8. The number of hydrogen-bond donors (Lipinski definition) is 4. The SMILES string of the molecule is CCCCCCCCCCCCCCCCCC(O)C(CO)NC(=O)C(O)CCCCCCCCCCCC. The zero-order valence-corrected chi connectivity index (χ0v) is 26.3. The lowest BCUT2D eigenvalue weighted by Crippen LogP contribution is -2.49. The lowest BCUT2D eigenvalue weighted by atomic mass is 10.0. The predicted octanol–water partition coefficient (Wildman–Crippen LogP) is 8.76. The van der Waals surface area contributed by atoms with Crippen LogP contribution >= 0.6 is 0 Å². The Morgan fingerprint density at radius 2 is 0.821 bits per heavy atom. The Bertz CT molecular complexity index is 502. The first kappa shape index (κ1) is 38.4. The molecule has 3 unspecified atom stereocenters. The topological polar surface area (TPSA) is 89.8 Å². The van der Waals surface area contributed by atoms with E-state index >= 15 is 0 Å². The van der Waals surface area contributed by atoms with Gasteiger partial charge in [0.2, 0.25) is 5.91 Å². The van der Waals surface area contributed by atoms with Crippen molar-refractivity contribution in [1.82, 2.24) is 5.32 Å². The molecule has 0 saturated heterocycles. The molecule has 0 rings (SSSR count). The van der Waals surface area contributed by atoms with Crippen molar-refractivity contribution < 1.29 is 20.1 Å². The number of unbranched alkanes of at least 4 members (excludes halogenated alkanes) is 23. The first-order valence-electron chi connectivity index (χ1n) is 17.3. The Morgan fingerprint density at radius 3 is 1.15 bits per heavy atom. The minimum atomic E-state index is -1.06. The smallest absolute Gasteiger partial charge is 0.249 e. The van der Waals surface area contributed by atoms with Crippen LogP contribution in [0.4, 0.5) is 0 Å². The predicted molar refractivity (Wildman–Crippen MR) is 167 cm³/mol. The molecular weight excluding hydrogens is 486 g/mol. The Morgan fingerprint density at radius 1 is 0.513 bits per heavy atom. The van der Waals surface area contributed by atoms with Gasteiger partial charge in [-0.15, -0.1) is 0 Å². The third-order valence-corrected chi connectivity index (χ3v) is 8.23. The number of carbonyl (C=O) groups excluding carboxylic acids is 1. The summed E-state index contributed by atoms with van der Waals surface area (Å²) in [7, 11) is 0. The normalized spacial score (nSPS) is 13.9. The summed E-state index contributed by atoms with van der Waals surface area (Å²) in [6.45, 7) is 4.20. The van der Waals surface area contributed by atoms with E-state index in [4.69, 9.17) is 0 Å². The first-order valence-corrected chi connectivity index (χ1v) is 17.3. The van der Waals surface area contributed by atoms with E-state index in [1.165, 1.54) is 128 Å². The maximum atomic E-state index is 12.3. The Balaban J connectivity index is 3.67. The molecule has 1 amide bonds. The number of rotatable bonds is 31. The van der Waals surface area contributed by atoms with Gasteiger partial charge in [-0.25, -0.2) is 0 Å². The molecule has 0 bridgehead atoms. The molecule has 0 heterocycles. The number of hydrogen-bond acceptors (Lipinski definition) is 4. The van der Waals surface area contributed by atoms with E-state index < -0.39 is 24.2 Å². The molecule has 0 aromatic carbocycles. The van der Waals surface area contributed by atoms with Crippen LogP contribution < -0.4 is 5.32 Å². The third kappa shape index (κ3) is 26.0. The van der Waals surface area contributed by atoms with Gasteiger partial charge in [-0.1, -0.05) is 174 Å². The maximum Gasteiger partial charge on any atom is 0.249 e. The van der Waals surface area contributed by atoms with Crippen LogP contribution in [0.2, 0.25) is 0 Å². The Hall–Kier alpha value is -0.650. The highest BCUT2D eigenvalue weighted by molar-refractivity contribution is 5.80. The second kappa shape index (κ2) is 30.3. The van der Waals surface area contributed by atoms with Crippen LogP contribution in [-0.2, 0) is 4.79 Å². The molecule has 0 saturated carbocycles. The monoisotopic (exact) mass is 556 g/mol. The summed E-state index contributed by atoms with van der Waals surface area (Å²) in [5, 5.41) is 33.0. The molecule has 0 fully saturated rings. The van der Waals surface area contributed by atoms with Crippen LogP contribution in [-0.4, -0.2) is 46.1 Å². The van der Waals surface area contributed by atoms with E-state index in [1.54, 1.807) is 0 Å². The fraction of sp³-hybridized carbons (Fsp3) is 0.971.